The van der Waals surface area contributed by atoms with E-state index in [4.69, 9.17) is 0 Å². The fourth-order valence-corrected chi connectivity index (χ4v) is 3.09. The zero-order chi connectivity index (χ0) is 16.6. The van der Waals surface area contributed by atoms with Crippen molar-refractivity contribution in [2.45, 2.75) is 25.8 Å². The number of aryl methyl sites for hydroxylation is 2. The Morgan fingerprint density at radius 2 is 2.22 bits per heavy atom. The summed E-state index contributed by atoms with van der Waals surface area (Å²) in [6, 6.07) is 4.33. The molecule has 1 aliphatic heterocycles. The van der Waals surface area contributed by atoms with Crippen LogP contribution in [0.25, 0.3) is 0 Å². The lowest BCUT2D eigenvalue weighted by molar-refractivity contribution is -0.384. The predicted molar refractivity (Wildman–Crippen MR) is 84.1 cm³/mol. The van der Waals surface area contributed by atoms with Crippen molar-refractivity contribution in [1.29, 1.82) is 0 Å². The van der Waals surface area contributed by atoms with Crippen LogP contribution in [0.15, 0.2) is 30.6 Å². The number of nitro groups is 1. The number of rotatable bonds is 3. The Kier molecular flexibility index (Phi) is 3.85. The van der Waals surface area contributed by atoms with E-state index < -0.39 is 4.92 Å². The molecule has 1 aliphatic rings. The van der Waals surface area contributed by atoms with Crippen LogP contribution in [0.5, 0.6) is 0 Å². The van der Waals surface area contributed by atoms with Gasteiger partial charge in [-0.05, 0) is 25.3 Å². The largest absolute Gasteiger partial charge is 0.336 e. The number of carbonyl (C=O) groups is 1. The zero-order valence-electron chi connectivity index (χ0n) is 13.1. The molecular weight excluding hydrogens is 296 g/mol. The summed E-state index contributed by atoms with van der Waals surface area (Å²) < 4.78 is 1.91. The number of carbonyl (C=O) groups excluding carboxylic acids is 1. The third kappa shape index (κ3) is 2.69. The van der Waals surface area contributed by atoms with Crippen LogP contribution in [0.4, 0.5) is 5.69 Å². The summed E-state index contributed by atoms with van der Waals surface area (Å²) in [5, 5.41) is 11.0. The van der Waals surface area contributed by atoms with E-state index >= 15 is 0 Å². The van der Waals surface area contributed by atoms with Crippen LogP contribution in [0.1, 0.15) is 40.6 Å². The Labute approximate surface area is 133 Å². The lowest BCUT2D eigenvalue weighted by atomic mass is 10.1. The van der Waals surface area contributed by atoms with Crippen molar-refractivity contribution in [2.24, 2.45) is 7.05 Å². The minimum Gasteiger partial charge on any atom is -0.336 e. The Morgan fingerprint density at radius 3 is 2.87 bits per heavy atom. The number of non-ortho nitro benzene ring substituents is 1. The van der Waals surface area contributed by atoms with E-state index in [1.54, 1.807) is 24.1 Å². The van der Waals surface area contributed by atoms with Gasteiger partial charge in [0.1, 0.15) is 5.82 Å². The number of amides is 1. The quantitative estimate of drug-likeness (QED) is 0.644. The van der Waals surface area contributed by atoms with Gasteiger partial charge in [-0.15, -0.1) is 0 Å². The Morgan fingerprint density at radius 1 is 1.43 bits per heavy atom. The van der Waals surface area contributed by atoms with E-state index in [1.807, 2.05) is 17.8 Å². The summed E-state index contributed by atoms with van der Waals surface area (Å²) in [5.41, 5.74) is 1.07. The van der Waals surface area contributed by atoms with Crippen molar-refractivity contribution in [3.63, 3.8) is 0 Å². The van der Waals surface area contributed by atoms with Crippen molar-refractivity contribution in [2.75, 3.05) is 6.54 Å². The fourth-order valence-electron chi connectivity index (χ4n) is 3.09. The van der Waals surface area contributed by atoms with Gasteiger partial charge in [0.15, 0.2) is 0 Å². The first-order chi connectivity index (χ1) is 11.0. The molecular formula is C16H18N4O3. The van der Waals surface area contributed by atoms with Gasteiger partial charge in [0.2, 0.25) is 0 Å². The molecule has 0 bridgehead atoms. The molecule has 23 heavy (non-hydrogen) atoms. The van der Waals surface area contributed by atoms with Gasteiger partial charge in [-0.25, -0.2) is 4.98 Å². The smallest absolute Gasteiger partial charge is 0.270 e. The molecule has 1 aromatic carbocycles. The highest BCUT2D eigenvalue weighted by Gasteiger charge is 2.33. The first kappa shape index (κ1) is 15.2. The molecule has 120 valence electrons. The molecule has 0 unspecified atom stereocenters. The normalized spacial score (nSPS) is 17.5. The Bertz CT molecular complexity index is 768. The highest BCUT2D eigenvalue weighted by atomic mass is 16.6. The summed E-state index contributed by atoms with van der Waals surface area (Å²) in [4.78, 5) is 29.5. The summed E-state index contributed by atoms with van der Waals surface area (Å²) in [6.07, 6.45) is 5.33. The molecule has 0 saturated carbocycles. The lowest BCUT2D eigenvalue weighted by Gasteiger charge is -2.25. The number of aromatic nitrogens is 2. The second kappa shape index (κ2) is 5.83. The molecule has 0 aliphatic carbocycles. The molecule has 1 aromatic heterocycles. The standard InChI is InChI=1S/C16H18N4O3/c1-11-5-6-12(20(22)23)10-13(11)16(21)19-8-3-4-14(19)15-17-7-9-18(15)2/h5-7,9-10,14H,3-4,8H2,1-2H3/t14-/m0/s1. The summed E-state index contributed by atoms with van der Waals surface area (Å²) in [6.45, 7) is 2.43. The second-order valence-electron chi connectivity index (χ2n) is 5.81. The van der Waals surface area contributed by atoms with Gasteiger partial charge in [-0.3, -0.25) is 14.9 Å². The highest BCUT2D eigenvalue weighted by Crippen LogP contribution is 2.33. The number of likely N-dealkylation sites (tertiary alicyclic amines) is 1. The van der Waals surface area contributed by atoms with Gasteiger partial charge >= 0.3 is 0 Å². The first-order valence-corrected chi connectivity index (χ1v) is 7.52. The Hall–Kier alpha value is -2.70. The van der Waals surface area contributed by atoms with E-state index in [0.717, 1.165) is 24.2 Å². The van der Waals surface area contributed by atoms with Crippen LogP contribution in [-0.2, 0) is 7.05 Å². The Balaban J connectivity index is 1.95. The second-order valence-corrected chi connectivity index (χ2v) is 5.81. The average Bonchev–Trinajstić information content (AvgIpc) is 3.14. The number of hydrogen-bond acceptors (Lipinski definition) is 4. The maximum Gasteiger partial charge on any atom is 0.270 e. The molecule has 0 spiro atoms. The number of benzene rings is 1. The number of nitrogens with zero attached hydrogens (tertiary/aromatic N) is 4. The summed E-state index contributed by atoms with van der Waals surface area (Å²) >= 11 is 0. The minimum atomic E-state index is -0.476. The fraction of sp³-hybridized carbons (Fsp3) is 0.375. The molecule has 1 fully saturated rings. The van der Waals surface area contributed by atoms with E-state index in [0.29, 0.717) is 12.1 Å². The highest BCUT2D eigenvalue weighted by molar-refractivity contribution is 5.96. The third-order valence-electron chi connectivity index (χ3n) is 4.33. The van der Waals surface area contributed by atoms with Crippen molar-refractivity contribution in [1.82, 2.24) is 14.5 Å². The van der Waals surface area contributed by atoms with Crippen LogP contribution >= 0.6 is 0 Å². The molecule has 1 saturated heterocycles. The molecule has 2 heterocycles. The van der Waals surface area contributed by atoms with Crippen molar-refractivity contribution in [3.05, 3.63) is 57.7 Å². The van der Waals surface area contributed by atoms with Gasteiger partial charge in [0, 0.05) is 43.7 Å². The van der Waals surface area contributed by atoms with Gasteiger partial charge in [-0.1, -0.05) is 6.07 Å². The van der Waals surface area contributed by atoms with E-state index in [-0.39, 0.29) is 17.6 Å². The summed E-state index contributed by atoms with van der Waals surface area (Å²) in [5.74, 6) is 0.677. The van der Waals surface area contributed by atoms with E-state index in [1.165, 1.54) is 12.1 Å². The average molecular weight is 314 g/mol. The predicted octanol–water partition coefficient (Wildman–Crippen LogP) is 2.61. The maximum atomic E-state index is 12.9. The van der Waals surface area contributed by atoms with Gasteiger partial charge in [0.05, 0.1) is 11.0 Å². The number of nitro benzene ring substituents is 1. The topological polar surface area (TPSA) is 81.3 Å². The number of hydrogen-bond donors (Lipinski definition) is 0. The minimum absolute atomic E-state index is 0.0633. The van der Waals surface area contributed by atoms with Crippen molar-refractivity contribution >= 4 is 11.6 Å². The third-order valence-corrected chi connectivity index (χ3v) is 4.33. The van der Waals surface area contributed by atoms with Crippen LogP contribution in [0.3, 0.4) is 0 Å². The van der Waals surface area contributed by atoms with Crippen molar-refractivity contribution < 1.29 is 9.72 Å². The monoisotopic (exact) mass is 314 g/mol. The lowest BCUT2D eigenvalue weighted by Crippen LogP contribution is -2.32. The van der Waals surface area contributed by atoms with Crippen LogP contribution in [0.2, 0.25) is 0 Å². The molecule has 0 N–H and O–H groups in total. The van der Waals surface area contributed by atoms with Crippen LogP contribution in [0, 0.1) is 17.0 Å². The van der Waals surface area contributed by atoms with Crippen LogP contribution in [-0.4, -0.2) is 31.8 Å². The molecule has 2 aromatic rings. The van der Waals surface area contributed by atoms with Gasteiger partial charge < -0.3 is 9.47 Å². The number of imidazole rings is 1. The van der Waals surface area contributed by atoms with Gasteiger partial charge in [0.25, 0.3) is 11.6 Å². The van der Waals surface area contributed by atoms with Gasteiger partial charge in [-0.2, -0.15) is 0 Å². The first-order valence-electron chi connectivity index (χ1n) is 7.52. The van der Waals surface area contributed by atoms with Crippen LogP contribution < -0.4 is 0 Å². The SMILES string of the molecule is Cc1ccc([N+](=O)[O-])cc1C(=O)N1CCC[C@H]1c1nccn1C. The van der Waals surface area contributed by atoms with E-state index in [9.17, 15) is 14.9 Å². The maximum absolute atomic E-state index is 12.9. The molecule has 1 amide bonds. The molecule has 7 heteroatoms. The molecule has 3 rings (SSSR count). The molecule has 0 radical (unpaired) electrons. The molecule has 1 atom stereocenters. The van der Waals surface area contributed by atoms with Crippen molar-refractivity contribution in [3.8, 4) is 0 Å². The summed E-state index contributed by atoms with van der Waals surface area (Å²) in [7, 11) is 1.90. The zero-order valence-corrected chi connectivity index (χ0v) is 13.1. The molecule has 7 nitrogen and oxygen atoms in total. The van der Waals surface area contributed by atoms with E-state index in [2.05, 4.69) is 4.98 Å².